The summed E-state index contributed by atoms with van der Waals surface area (Å²) in [5, 5.41) is 3.14. The monoisotopic (exact) mass is 485 g/mol. The molecule has 2 aromatic carbocycles. The molecule has 0 saturated carbocycles. The second-order valence-electron chi connectivity index (χ2n) is 10.1. The van der Waals surface area contributed by atoms with Crippen molar-refractivity contribution in [2.75, 3.05) is 19.6 Å². The number of fused-ring (bicyclic) bond motifs is 1. The first kappa shape index (κ1) is 24.3. The number of carbonyl (C=O) groups is 2. The van der Waals surface area contributed by atoms with Crippen LogP contribution in [0.25, 0.3) is 22.6 Å². The lowest BCUT2D eigenvalue weighted by molar-refractivity contribution is -0.126. The van der Waals surface area contributed by atoms with E-state index in [4.69, 9.17) is 4.42 Å². The Morgan fingerprint density at radius 2 is 1.92 bits per heavy atom. The van der Waals surface area contributed by atoms with Gasteiger partial charge in [0, 0.05) is 36.7 Å². The highest BCUT2D eigenvalue weighted by Crippen LogP contribution is 2.28. The molecular formula is C30H35N3O3. The molecule has 1 aliphatic carbocycles. The summed E-state index contributed by atoms with van der Waals surface area (Å²) in [7, 11) is 0. The van der Waals surface area contributed by atoms with Crippen LogP contribution in [0.2, 0.25) is 0 Å². The summed E-state index contributed by atoms with van der Waals surface area (Å²) >= 11 is 0. The molecule has 2 heterocycles. The Kier molecular flexibility index (Phi) is 7.49. The third-order valence-corrected chi connectivity index (χ3v) is 7.73. The van der Waals surface area contributed by atoms with Gasteiger partial charge in [-0.2, -0.15) is 0 Å². The van der Waals surface area contributed by atoms with Gasteiger partial charge >= 0.3 is 0 Å². The third kappa shape index (κ3) is 5.53. The highest BCUT2D eigenvalue weighted by Gasteiger charge is 2.30. The number of rotatable bonds is 7. The molecule has 5 rings (SSSR count). The van der Waals surface area contributed by atoms with Gasteiger partial charge in [0.15, 0.2) is 5.58 Å². The lowest BCUT2D eigenvalue weighted by atomic mass is 9.84. The van der Waals surface area contributed by atoms with Crippen LogP contribution in [-0.4, -0.2) is 41.3 Å². The quantitative estimate of drug-likeness (QED) is 0.417. The van der Waals surface area contributed by atoms with Gasteiger partial charge in [-0.05, 0) is 81.2 Å². The smallest absolute Gasteiger partial charge is 0.253 e. The highest BCUT2D eigenvalue weighted by atomic mass is 16.3. The lowest BCUT2D eigenvalue weighted by Gasteiger charge is -2.34. The predicted octanol–water partition coefficient (Wildman–Crippen LogP) is 5.99. The van der Waals surface area contributed by atoms with Crippen LogP contribution in [0.15, 0.2) is 64.6 Å². The number of nitrogens with one attached hydrogen (secondary N) is 1. The topological polar surface area (TPSA) is 75.4 Å². The van der Waals surface area contributed by atoms with Crippen LogP contribution in [0, 0.1) is 11.8 Å². The molecule has 0 spiro atoms. The van der Waals surface area contributed by atoms with Crippen molar-refractivity contribution in [1.29, 1.82) is 0 Å². The maximum atomic E-state index is 13.2. The SMILES string of the molecule is C[C@@H](C(=O)NCCC1=CCCCC1)C1CCN(C(=O)c2ccc3oc(-c4ccccc4)nc3c2)CC1. The number of benzene rings is 2. The Morgan fingerprint density at radius 1 is 1.11 bits per heavy atom. The van der Waals surface area contributed by atoms with Gasteiger partial charge in [0.05, 0.1) is 0 Å². The number of allylic oxidation sites excluding steroid dienone is 1. The number of oxazole rings is 1. The van der Waals surface area contributed by atoms with Gasteiger partial charge in [-0.25, -0.2) is 4.98 Å². The van der Waals surface area contributed by atoms with Gasteiger partial charge in [0.25, 0.3) is 5.91 Å². The Hall–Kier alpha value is -3.41. The molecule has 1 atom stereocenters. The Bertz CT molecular complexity index is 1240. The summed E-state index contributed by atoms with van der Waals surface area (Å²) < 4.78 is 5.88. The van der Waals surface area contributed by atoms with E-state index < -0.39 is 0 Å². The van der Waals surface area contributed by atoms with E-state index >= 15 is 0 Å². The summed E-state index contributed by atoms with van der Waals surface area (Å²) in [5.41, 5.74) is 4.37. The molecule has 6 nitrogen and oxygen atoms in total. The van der Waals surface area contributed by atoms with Gasteiger partial charge < -0.3 is 14.6 Å². The first-order valence-corrected chi connectivity index (χ1v) is 13.3. The molecule has 188 valence electrons. The first-order chi connectivity index (χ1) is 17.6. The zero-order valence-corrected chi connectivity index (χ0v) is 21.0. The van der Waals surface area contributed by atoms with Crippen LogP contribution in [0.4, 0.5) is 0 Å². The highest BCUT2D eigenvalue weighted by molar-refractivity contribution is 5.97. The van der Waals surface area contributed by atoms with E-state index in [1.165, 1.54) is 31.3 Å². The third-order valence-electron chi connectivity index (χ3n) is 7.73. The maximum absolute atomic E-state index is 13.2. The van der Waals surface area contributed by atoms with Gasteiger partial charge in [0.1, 0.15) is 5.52 Å². The Balaban J connectivity index is 1.14. The van der Waals surface area contributed by atoms with E-state index in [1.807, 2.05) is 60.4 Å². The zero-order chi connectivity index (χ0) is 24.9. The van der Waals surface area contributed by atoms with Crippen molar-refractivity contribution in [1.82, 2.24) is 15.2 Å². The number of amides is 2. The molecule has 0 radical (unpaired) electrons. The molecule has 2 amide bonds. The van der Waals surface area contributed by atoms with E-state index in [0.717, 1.165) is 31.4 Å². The van der Waals surface area contributed by atoms with Crippen molar-refractivity contribution in [3.63, 3.8) is 0 Å². The molecule has 1 aromatic heterocycles. The number of hydrogen-bond acceptors (Lipinski definition) is 4. The van der Waals surface area contributed by atoms with Crippen LogP contribution in [0.3, 0.4) is 0 Å². The molecule has 6 heteroatoms. The number of piperidine rings is 1. The molecule has 3 aromatic rings. The summed E-state index contributed by atoms with van der Waals surface area (Å²) in [5.74, 6) is 0.970. The number of carbonyl (C=O) groups excluding carboxylic acids is 2. The van der Waals surface area contributed by atoms with E-state index in [0.29, 0.717) is 41.6 Å². The van der Waals surface area contributed by atoms with Crippen LogP contribution in [0.5, 0.6) is 0 Å². The number of nitrogens with zero attached hydrogens (tertiary/aromatic N) is 2. The van der Waals surface area contributed by atoms with Crippen molar-refractivity contribution in [3.8, 4) is 11.5 Å². The standard InChI is InChI=1S/C30H35N3O3/c1-21(28(34)31-17-14-22-8-4-2-5-9-22)23-15-18-33(19-16-23)30(35)25-12-13-27-26(20-25)32-29(36-27)24-10-6-3-7-11-24/h3,6-8,10-13,20-21,23H,2,4-5,9,14-19H2,1H3,(H,31,34)/t21-/m1/s1. The van der Waals surface area contributed by atoms with E-state index in [-0.39, 0.29) is 17.7 Å². The van der Waals surface area contributed by atoms with Gasteiger partial charge in [-0.15, -0.1) is 0 Å². The largest absolute Gasteiger partial charge is 0.436 e. The average molecular weight is 486 g/mol. The second kappa shape index (κ2) is 11.1. The fraction of sp³-hybridized carbons (Fsp3) is 0.433. The molecule has 1 N–H and O–H groups in total. The minimum Gasteiger partial charge on any atom is -0.436 e. The molecule has 1 fully saturated rings. The fourth-order valence-electron chi connectivity index (χ4n) is 5.40. The van der Waals surface area contributed by atoms with E-state index in [9.17, 15) is 9.59 Å². The molecular weight excluding hydrogens is 450 g/mol. The lowest BCUT2D eigenvalue weighted by Crippen LogP contribution is -2.42. The van der Waals surface area contributed by atoms with Crippen molar-refractivity contribution < 1.29 is 14.0 Å². The number of aromatic nitrogens is 1. The normalized spacial score (nSPS) is 17.6. The summed E-state index contributed by atoms with van der Waals surface area (Å²) in [6, 6.07) is 15.2. The minimum absolute atomic E-state index is 0.0115. The van der Waals surface area contributed by atoms with Crippen molar-refractivity contribution in [2.24, 2.45) is 11.8 Å². The summed E-state index contributed by atoms with van der Waals surface area (Å²) in [4.78, 5) is 32.4. The Labute approximate surface area is 212 Å². The van der Waals surface area contributed by atoms with Gasteiger partial charge in [0.2, 0.25) is 11.8 Å². The van der Waals surface area contributed by atoms with Crippen molar-refractivity contribution in [3.05, 3.63) is 65.7 Å². The first-order valence-electron chi connectivity index (χ1n) is 13.3. The van der Waals surface area contributed by atoms with E-state index in [1.54, 1.807) is 0 Å². The van der Waals surface area contributed by atoms with Crippen LogP contribution in [-0.2, 0) is 4.79 Å². The van der Waals surface area contributed by atoms with Crippen LogP contribution in [0.1, 0.15) is 62.2 Å². The van der Waals surface area contributed by atoms with Gasteiger partial charge in [-0.3, -0.25) is 9.59 Å². The molecule has 36 heavy (non-hydrogen) atoms. The van der Waals surface area contributed by atoms with Crippen LogP contribution >= 0.6 is 0 Å². The number of likely N-dealkylation sites (tertiary alicyclic amines) is 1. The second-order valence-corrected chi connectivity index (χ2v) is 10.1. The van der Waals surface area contributed by atoms with Crippen molar-refractivity contribution >= 4 is 22.9 Å². The number of hydrogen-bond donors (Lipinski definition) is 1. The minimum atomic E-state index is -0.0366. The molecule has 2 aliphatic rings. The molecule has 1 saturated heterocycles. The van der Waals surface area contributed by atoms with Crippen molar-refractivity contribution in [2.45, 2.75) is 51.9 Å². The Morgan fingerprint density at radius 3 is 2.67 bits per heavy atom. The molecule has 0 unspecified atom stereocenters. The fourth-order valence-corrected chi connectivity index (χ4v) is 5.40. The van der Waals surface area contributed by atoms with E-state index in [2.05, 4.69) is 16.4 Å². The summed E-state index contributed by atoms with van der Waals surface area (Å²) in [6.45, 7) is 4.09. The van der Waals surface area contributed by atoms with Crippen LogP contribution < -0.4 is 5.32 Å². The molecule has 0 bridgehead atoms. The zero-order valence-electron chi connectivity index (χ0n) is 21.0. The van der Waals surface area contributed by atoms with Gasteiger partial charge in [-0.1, -0.05) is 36.8 Å². The average Bonchev–Trinajstić information content (AvgIpc) is 3.37. The molecule has 1 aliphatic heterocycles. The predicted molar refractivity (Wildman–Crippen MR) is 141 cm³/mol. The maximum Gasteiger partial charge on any atom is 0.253 e. The summed E-state index contributed by atoms with van der Waals surface area (Å²) in [6.07, 6.45) is 9.91.